The van der Waals surface area contributed by atoms with Gasteiger partial charge in [0, 0.05) is 10.4 Å². The average molecular weight is 319 g/mol. The molecule has 0 aliphatic carbocycles. The van der Waals surface area contributed by atoms with Crippen LogP contribution in [0.25, 0.3) is 10.1 Å². The number of rotatable bonds is 4. The molecule has 0 fully saturated rings. The van der Waals surface area contributed by atoms with Crippen LogP contribution in [0.4, 0.5) is 5.69 Å². The van der Waals surface area contributed by atoms with E-state index in [-0.39, 0.29) is 11.5 Å². The van der Waals surface area contributed by atoms with E-state index < -0.39 is 10.0 Å². The number of thiophene rings is 1. The van der Waals surface area contributed by atoms with Gasteiger partial charge in [0.15, 0.2) is 0 Å². The lowest BCUT2D eigenvalue weighted by Crippen LogP contribution is -2.12. The molecule has 1 aromatic heterocycles. The molecule has 2 aromatic carbocycles. The van der Waals surface area contributed by atoms with Crippen molar-refractivity contribution in [1.82, 2.24) is 0 Å². The van der Waals surface area contributed by atoms with Gasteiger partial charge in [-0.05, 0) is 52.7 Å². The van der Waals surface area contributed by atoms with Gasteiger partial charge in [-0.1, -0.05) is 12.1 Å². The molecule has 108 valence electrons. The fourth-order valence-electron chi connectivity index (χ4n) is 2.02. The first-order valence-electron chi connectivity index (χ1n) is 6.28. The van der Waals surface area contributed by atoms with Crippen LogP contribution >= 0.6 is 11.3 Å². The number of hydrogen-bond donors (Lipinski definition) is 2. The Kier molecular flexibility index (Phi) is 3.67. The summed E-state index contributed by atoms with van der Waals surface area (Å²) >= 11 is 1.61. The molecular formula is C15H13NO3S2. The highest BCUT2D eigenvalue weighted by atomic mass is 32.2. The summed E-state index contributed by atoms with van der Waals surface area (Å²) in [6, 6.07) is 13.6. The van der Waals surface area contributed by atoms with Gasteiger partial charge < -0.3 is 5.11 Å². The van der Waals surface area contributed by atoms with Gasteiger partial charge in [0.1, 0.15) is 0 Å². The first-order valence-corrected chi connectivity index (χ1v) is 8.65. The van der Waals surface area contributed by atoms with Crippen molar-refractivity contribution in [1.29, 1.82) is 0 Å². The molecule has 0 radical (unpaired) electrons. The number of benzene rings is 2. The maximum atomic E-state index is 12.3. The third-order valence-electron chi connectivity index (χ3n) is 3.12. The Balaban J connectivity index is 1.90. The van der Waals surface area contributed by atoms with Crippen molar-refractivity contribution in [3.05, 3.63) is 59.5 Å². The van der Waals surface area contributed by atoms with Crippen LogP contribution in [-0.2, 0) is 16.6 Å². The monoisotopic (exact) mass is 319 g/mol. The van der Waals surface area contributed by atoms with E-state index in [0.717, 1.165) is 10.1 Å². The Labute approximate surface area is 126 Å². The smallest absolute Gasteiger partial charge is 0.261 e. The first-order chi connectivity index (χ1) is 10.1. The van der Waals surface area contributed by atoms with Gasteiger partial charge >= 0.3 is 0 Å². The lowest BCUT2D eigenvalue weighted by atomic mass is 10.2. The van der Waals surface area contributed by atoms with Gasteiger partial charge in [-0.25, -0.2) is 8.42 Å². The van der Waals surface area contributed by atoms with E-state index in [1.54, 1.807) is 29.5 Å². The van der Waals surface area contributed by atoms with E-state index in [2.05, 4.69) is 4.72 Å². The maximum absolute atomic E-state index is 12.3. The van der Waals surface area contributed by atoms with E-state index in [9.17, 15) is 8.42 Å². The zero-order valence-corrected chi connectivity index (χ0v) is 12.6. The maximum Gasteiger partial charge on any atom is 0.261 e. The highest BCUT2D eigenvalue weighted by Gasteiger charge is 2.14. The lowest BCUT2D eigenvalue weighted by Gasteiger charge is -2.08. The highest BCUT2D eigenvalue weighted by Crippen LogP contribution is 2.25. The Morgan fingerprint density at radius 3 is 2.52 bits per heavy atom. The molecule has 6 heteroatoms. The summed E-state index contributed by atoms with van der Waals surface area (Å²) in [6.45, 7) is -0.109. The van der Waals surface area contributed by atoms with Crippen LogP contribution in [0.5, 0.6) is 0 Å². The van der Waals surface area contributed by atoms with Gasteiger partial charge in [0.25, 0.3) is 10.0 Å². The second-order valence-electron chi connectivity index (χ2n) is 4.58. The summed E-state index contributed by atoms with van der Waals surface area (Å²) < 4.78 is 28.3. The predicted molar refractivity (Wildman–Crippen MR) is 85.0 cm³/mol. The van der Waals surface area contributed by atoms with Crippen molar-refractivity contribution in [2.75, 3.05) is 4.72 Å². The van der Waals surface area contributed by atoms with Crippen molar-refractivity contribution < 1.29 is 13.5 Å². The molecule has 4 nitrogen and oxygen atoms in total. The minimum Gasteiger partial charge on any atom is -0.392 e. The fraction of sp³-hybridized carbons (Fsp3) is 0.0667. The van der Waals surface area contributed by atoms with Crippen LogP contribution in [-0.4, -0.2) is 13.5 Å². The summed E-state index contributed by atoms with van der Waals surface area (Å²) in [4.78, 5) is 0.171. The molecule has 1 heterocycles. The van der Waals surface area contributed by atoms with Gasteiger partial charge in [-0.3, -0.25) is 4.72 Å². The molecule has 0 aliphatic rings. The molecule has 0 spiro atoms. The standard InChI is InChI=1S/C15H13NO3S2/c17-10-11-1-4-14(5-2-11)21(18,19)16-13-3-6-15-12(9-13)7-8-20-15/h1-9,16-17H,10H2. The quantitative estimate of drug-likeness (QED) is 0.776. The number of anilines is 1. The Morgan fingerprint density at radius 2 is 1.81 bits per heavy atom. The molecule has 0 atom stereocenters. The summed E-state index contributed by atoms with van der Waals surface area (Å²) in [5.74, 6) is 0. The van der Waals surface area contributed by atoms with Crippen molar-refractivity contribution >= 4 is 37.1 Å². The number of sulfonamides is 1. The van der Waals surface area contributed by atoms with Crippen molar-refractivity contribution in [3.63, 3.8) is 0 Å². The van der Waals surface area contributed by atoms with Crippen LogP contribution in [0.3, 0.4) is 0 Å². The van der Waals surface area contributed by atoms with Crippen LogP contribution in [0.1, 0.15) is 5.56 Å². The van der Waals surface area contributed by atoms with E-state index in [1.807, 2.05) is 23.6 Å². The van der Waals surface area contributed by atoms with Gasteiger partial charge in [0.05, 0.1) is 11.5 Å². The molecule has 3 aromatic rings. The zero-order chi connectivity index (χ0) is 14.9. The van der Waals surface area contributed by atoms with E-state index in [1.165, 1.54) is 12.1 Å². The molecule has 0 unspecified atom stereocenters. The van der Waals surface area contributed by atoms with Crippen LogP contribution in [0.15, 0.2) is 58.8 Å². The number of nitrogens with one attached hydrogen (secondary N) is 1. The normalized spacial score (nSPS) is 11.7. The summed E-state index contributed by atoms with van der Waals surface area (Å²) in [5, 5.41) is 12.0. The Morgan fingerprint density at radius 1 is 1.05 bits per heavy atom. The largest absolute Gasteiger partial charge is 0.392 e. The summed E-state index contributed by atoms with van der Waals surface area (Å²) in [5.41, 5.74) is 1.21. The van der Waals surface area contributed by atoms with Gasteiger partial charge in [-0.15, -0.1) is 11.3 Å². The van der Waals surface area contributed by atoms with E-state index >= 15 is 0 Å². The third-order valence-corrected chi connectivity index (χ3v) is 5.42. The van der Waals surface area contributed by atoms with Crippen molar-refractivity contribution in [2.24, 2.45) is 0 Å². The minimum absolute atomic E-state index is 0.109. The molecule has 3 rings (SSSR count). The molecule has 2 N–H and O–H groups in total. The van der Waals surface area contributed by atoms with E-state index in [4.69, 9.17) is 5.11 Å². The molecule has 0 aliphatic heterocycles. The predicted octanol–water partition coefficient (Wildman–Crippen LogP) is 3.19. The van der Waals surface area contributed by atoms with Gasteiger partial charge in [0.2, 0.25) is 0 Å². The third kappa shape index (κ3) is 2.92. The second kappa shape index (κ2) is 5.48. The molecular weight excluding hydrogens is 306 g/mol. The molecule has 21 heavy (non-hydrogen) atoms. The van der Waals surface area contributed by atoms with Crippen molar-refractivity contribution in [2.45, 2.75) is 11.5 Å². The second-order valence-corrected chi connectivity index (χ2v) is 7.21. The topological polar surface area (TPSA) is 66.4 Å². The average Bonchev–Trinajstić information content (AvgIpc) is 2.94. The summed E-state index contributed by atoms with van der Waals surface area (Å²) in [6.07, 6.45) is 0. The number of aliphatic hydroxyl groups excluding tert-OH is 1. The van der Waals surface area contributed by atoms with Crippen LogP contribution in [0.2, 0.25) is 0 Å². The molecule has 0 saturated carbocycles. The molecule has 0 amide bonds. The molecule has 0 bridgehead atoms. The fourth-order valence-corrected chi connectivity index (χ4v) is 3.84. The lowest BCUT2D eigenvalue weighted by molar-refractivity contribution is 0.282. The van der Waals surface area contributed by atoms with Gasteiger partial charge in [-0.2, -0.15) is 0 Å². The number of aliphatic hydroxyl groups is 1. The van der Waals surface area contributed by atoms with E-state index in [0.29, 0.717) is 11.3 Å². The highest BCUT2D eigenvalue weighted by molar-refractivity contribution is 7.92. The van der Waals surface area contributed by atoms with Crippen molar-refractivity contribution in [3.8, 4) is 0 Å². The van der Waals surface area contributed by atoms with Crippen LogP contribution in [0, 0.1) is 0 Å². The summed E-state index contributed by atoms with van der Waals surface area (Å²) in [7, 11) is -3.62. The minimum atomic E-state index is -3.62. The first kappa shape index (κ1) is 14.1. The molecule has 0 saturated heterocycles. The zero-order valence-electron chi connectivity index (χ0n) is 11.0. The SMILES string of the molecule is O=S(=O)(Nc1ccc2sccc2c1)c1ccc(CO)cc1. The number of fused-ring (bicyclic) bond motifs is 1. The number of hydrogen-bond acceptors (Lipinski definition) is 4. The Bertz CT molecular complexity index is 867. The Hall–Kier alpha value is -1.89. The van der Waals surface area contributed by atoms with Crippen LogP contribution < -0.4 is 4.72 Å².